The van der Waals surface area contributed by atoms with E-state index in [0.29, 0.717) is 24.3 Å². The van der Waals surface area contributed by atoms with Crippen LogP contribution in [0.5, 0.6) is 5.75 Å². The van der Waals surface area contributed by atoms with E-state index in [-0.39, 0.29) is 36.6 Å². The number of phenols is 1. The first-order valence-corrected chi connectivity index (χ1v) is 9.01. The van der Waals surface area contributed by atoms with Crippen LogP contribution in [0.1, 0.15) is 18.4 Å². The summed E-state index contributed by atoms with van der Waals surface area (Å²) in [6.45, 7) is 2.97. The van der Waals surface area contributed by atoms with Gasteiger partial charge in [0.1, 0.15) is 11.6 Å². The fourth-order valence-corrected chi connectivity index (χ4v) is 3.87. The second-order valence-electron chi connectivity index (χ2n) is 7.03. The number of benzene rings is 1. The van der Waals surface area contributed by atoms with E-state index in [2.05, 4.69) is 4.90 Å². The number of hydrogen-bond donors (Lipinski definition) is 4. The number of anilines is 1. The smallest absolute Gasteiger partial charge is 0.317 e. The van der Waals surface area contributed by atoms with Gasteiger partial charge >= 0.3 is 5.97 Å². The Balaban J connectivity index is 1.63. The van der Waals surface area contributed by atoms with E-state index in [4.69, 9.17) is 16.2 Å². The van der Waals surface area contributed by atoms with Gasteiger partial charge in [-0.25, -0.2) is 0 Å². The molecule has 9 nitrogen and oxygen atoms in total. The van der Waals surface area contributed by atoms with Gasteiger partial charge in [-0.05, 0) is 31.0 Å². The van der Waals surface area contributed by atoms with Crippen LogP contribution in [-0.2, 0) is 9.59 Å². The molecule has 3 rings (SSSR count). The van der Waals surface area contributed by atoms with Crippen molar-refractivity contribution in [2.45, 2.75) is 18.9 Å². The van der Waals surface area contributed by atoms with Crippen LogP contribution in [0.2, 0.25) is 0 Å². The van der Waals surface area contributed by atoms with E-state index < -0.39 is 5.97 Å². The zero-order chi connectivity index (χ0) is 19.6. The molecule has 0 bridgehead atoms. The summed E-state index contributed by atoms with van der Waals surface area (Å²) in [6, 6.07) is 4.77. The quantitative estimate of drug-likeness (QED) is 0.416. The van der Waals surface area contributed by atoms with Gasteiger partial charge in [-0.15, -0.1) is 0 Å². The molecule has 2 fully saturated rings. The molecule has 2 heterocycles. The summed E-state index contributed by atoms with van der Waals surface area (Å²) in [5.74, 6) is -1.07. The number of carboxylic acids is 1. The predicted octanol–water partition coefficient (Wildman–Crippen LogP) is -0.126. The molecule has 1 aromatic rings. The molecule has 0 atom stereocenters. The molecule has 0 spiro atoms. The SMILES string of the molecule is N=C(N)c1cc(O)ccc1N1CCN(C2CCN(CC(=O)O)CC2)CC1=O. The molecule has 0 aliphatic carbocycles. The number of phenolic OH excluding ortho intramolecular Hbond substituents is 1. The number of carbonyl (C=O) groups excluding carboxylic acids is 1. The number of amides is 1. The Morgan fingerprint density at radius 3 is 2.52 bits per heavy atom. The molecule has 0 aromatic heterocycles. The highest BCUT2D eigenvalue weighted by atomic mass is 16.4. The molecule has 0 radical (unpaired) electrons. The summed E-state index contributed by atoms with van der Waals surface area (Å²) in [7, 11) is 0. The number of nitrogens with zero attached hydrogens (tertiary/aromatic N) is 3. The molecule has 2 aliphatic heterocycles. The molecule has 0 saturated carbocycles. The zero-order valence-corrected chi connectivity index (χ0v) is 15.1. The maximum absolute atomic E-state index is 12.7. The molecular formula is C18H25N5O4. The Labute approximate surface area is 157 Å². The van der Waals surface area contributed by atoms with Crippen molar-refractivity contribution in [2.24, 2.45) is 5.73 Å². The number of carboxylic acid groups (broad SMARTS) is 1. The van der Waals surface area contributed by atoms with Gasteiger partial charge < -0.3 is 20.8 Å². The normalized spacial score (nSPS) is 20.0. The van der Waals surface area contributed by atoms with Crippen LogP contribution in [0.4, 0.5) is 5.69 Å². The molecule has 2 saturated heterocycles. The second-order valence-corrected chi connectivity index (χ2v) is 7.03. The number of hydrogen-bond acceptors (Lipinski definition) is 6. The van der Waals surface area contributed by atoms with Gasteiger partial charge in [0, 0.05) is 37.8 Å². The van der Waals surface area contributed by atoms with Crippen LogP contribution >= 0.6 is 0 Å². The predicted molar refractivity (Wildman–Crippen MR) is 100 cm³/mol. The number of aliphatic carboxylic acids is 1. The molecule has 1 aromatic carbocycles. The molecule has 1 amide bonds. The molecule has 2 aliphatic rings. The first-order valence-electron chi connectivity index (χ1n) is 9.01. The maximum atomic E-state index is 12.7. The topological polar surface area (TPSA) is 134 Å². The lowest BCUT2D eigenvalue weighted by Crippen LogP contribution is -2.56. The number of piperidine rings is 1. The summed E-state index contributed by atoms with van der Waals surface area (Å²) in [5, 5.41) is 26.2. The number of rotatable bonds is 5. The van der Waals surface area contributed by atoms with Gasteiger partial charge in [-0.3, -0.25) is 24.8 Å². The van der Waals surface area contributed by atoms with E-state index in [9.17, 15) is 14.7 Å². The highest BCUT2D eigenvalue weighted by molar-refractivity contribution is 6.06. The maximum Gasteiger partial charge on any atom is 0.317 e. The van der Waals surface area contributed by atoms with Crippen molar-refractivity contribution in [3.8, 4) is 5.75 Å². The third-order valence-corrected chi connectivity index (χ3v) is 5.24. The number of nitrogen functional groups attached to an aromatic ring is 1. The minimum Gasteiger partial charge on any atom is -0.508 e. The number of likely N-dealkylation sites (tertiary alicyclic amines) is 1. The van der Waals surface area contributed by atoms with Crippen LogP contribution < -0.4 is 10.6 Å². The highest BCUT2D eigenvalue weighted by Gasteiger charge is 2.32. The lowest BCUT2D eigenvalue weighted by molar-refractivity contribution is -0.138. The van der Waals surface area contributed by atoms with Crippen LogP contribution in [-0.4, -0.2) is 83.0 Å². The standard InChI is InChI=1S/C18H25N5O4/c19-18(20)14-9-13(24)1-2-15(14)23-8-7-22(10-16(23)25)12-3-5-21(6-4-12)11-17(26)27/h1-2,9,12,24H,3-8,10-11H2,(H3,19,20)(H,26,27). The molecule has 146 valence electrons. The Kier molecular flexibility index (Phi) is 5.62. The molecule has 5 N–H and O–H groups in total. The Morgan fingerprint density at radius 1 is 1.22 bits per heavy atom. The number of piperazine rings is 1. The van der Waals surface area contributed by atoms with Gasteiger partial charge in [0.25, 0.3) is 0 Å². The fraction of sp³-hybridized carbons (Fsp3) is 0.500. The van der Waals surface area contributed by atoms with Crippen molar-refractivity contribution in [1.29, 1.82) is 5.41 Å². The largest absolute Gasteiger partial charge is 0.508 e. The van der Waals surface area contributed by atoms with Crippen molar-refractivity contribution in [1.82, 2.24) is 9.80 Å². The summed E-state index contributed by atoms with van der Waals surface area (Å²) in [4.78, 5) is 29.3. The number of carbonyl (C=O) groups is 2. The molecular weight excluding hydrogens is 350 g/mol. The Morgan fingerprint density at radius 2 is 1.93 bits per heavy atom. The van der Waals surface area contributed by atoms with Gasteiger partial charge in [0.05, 0.1) is 18.8 Å². The number of nitrogens with one attached hydrogen (secondary N) is 1. The van der Waals surface area contributed by atoms with Crippen LogP contribution in [0, 0.1) is 5.41 Å². The van der Waals surface area contributed by atoms with E-state index in [0.717, 1.165) is 25.9 Å². The average Bonchev–Trinajstić information content (AvgIpc) is 2.62. The van der Waals surface area contributed by atoms with E-state index in [1.54, 1.807) is 11.0 Å². The van der Waals surface area contributed by atoms with E-state index in [1.807, 2.05) is 4.90 Å². The first kappa shape index (κ1) is 19.1. The van der Waals surface area contributed by atoms with Crippen molar-refractivity contribution in [2.75, 3.05) is 44.2 Å². The third kappa shape index (κ3) is 4.37. The highest BCUT2D eigenvalue weighted by Crippen LogP contribution is 2.27. The fourth-order valence-electron chi connectivity index (χ4n) is 3.87. The lowest BCUT2D eigenvalue weighted by atomic mass is 10.0. The molecule has 0 unspecified atom stereocenters. The zero-order valence-electron chi connectivity index (χ0n) is 15.1. The minimum atomic E-state index is -0.813. The summed E-state index contributed by atoms with van der Waals surface area (Å²) in [5.41, 5.74) is 6.49. The van der Waals surface area contributed by atoms with Crippen LogP contribution in [0.25, 0.3) is 0 Å². The third-order valence-electron chi connectivity index (χ3n) is 5.24. The van der Waals surface area contributed by atoms with Gasteiger partial charge in [0.15, 0.2) is 0 Å². The van der Waals surface area contributed by atoms with Crippen LogP contribution in [0.15, 0.2) is 18.2 Å². The average molecular weight is 375 g/mol. The number of nitrogens with two attached hydrogens (primary N) is 1. The van der Waals surface area contributed by atoms with Gasteiger partial charge in [-0.1, -0.05) is 0 Å². The van der Waals surface area contributed by atoms with E-state index in [1.165, 1.54) is 12.1 Å². The Hall–Kier alpha value is -2.65. The Bertz CT molecular complexity index is 745. The van der Waals surface area contributed by atoms with Crippen molar-refractivity contribution in [3.05, 3.63) is 23.8 Å². The number of aromatic hydroxyl groups is 1. The minimum absolute atomic E-state index is 0.00292. The second kappa shape index (κ2) is 7.93. The lowest BCUT2D eigenvalue weighted by Gasteiger charge is -2.42. The van der Waals surface area contributed by atoms with Crippen molar-refractivity contribution < 1.29 is 19.8 Å². The molecule has 27 heavy (non-hydrogen) atoms. The van der Waals surface area contributed by atoms with Crippen molar-refractivity contribution in [3.63, 3.8) is 0 Å². The van der Waals surface area contributed by atoms with Crippen LogP contribution in [0.3, 0.4) is 0 Å². The first-order chi connectivity index (χ1) is 12.8. The van der Waals surface area contributed by atoms with Gasteiger partial charge in [0.2, 0.25) is 5.91 Å². The molecule has 9 heteroatoms. The summed E-state index contributed by atoms with van der Waals surface area (Å²) < 4.78 is 0. The summed E-state index contributed by atoms with van der Waals surface area (Å²) in [6.07, 6.45) is 1.69. The summed E-state index contributed by atoms with van der Waals surface area (Å²) >= 11 is 0. The van der Waals surface area contributed by atoms with Gasteiger partial charge in [-0.2, -0.15) is 0 Å². The number of amidine groups is 1. The monoisotopic (exact) mass is 375 g/mol. The van der Waals surface area contributed by atoms with E-state index >= 15 is 0 Å². The van der Waals surface area contributed by atoms with Crippen molar-refractivity contribution >= 4 is 23.4 Å².